The number of piperidine rings is 1. The minimum Gasteiger partial charge on any atom is -0.317 e. The minimum atomic E-state index is 0.629. The van der Waals surface area contributed by atoms with Crippen LogP contribution in [0, 0.1) is 5.92 Å². The number of nitrogens with zero attached hydrogens (tertiary/aromatic N) is 1. The third-order valence-electron chi connectivity index (χ3n) is 4.42. The van der Waals surface area contributed by atoms with Crippen molar-refractivity contribution in [1.29, 1.82) is 0 Å². The molecule has 1 aromatic rings. The fraction of sp³-hybridized carbons (Fsp3) is 0.667. The molecule has 20 heavy (non-hydrogen) atoms. The van der Waals surface area contributed by atoms with Crippen LogP contribution in [-0.4, -0.2) is 37.6 Å². The van der Waals surface area contributed by atoms with Gasteiger partial charge in [-0.25, -0.2) is 0 Å². The summed E-state index contributed by atoms with van der Waals surface area (Å²) >= 11 is 0. The number of hydrogen-bond acceptors (Lipinski definition) is 2. The van der Waals surface area contributed by atoms with Crippen molar-refractivity contribution in [2.45, 2.75) is 39.0 Å². The van der Waals surface area contributed by atoms with E-state index in [1.165, 1.54) is 57.5 Å². The van der Waals surface area contributed by atoms with E-state index in [1.807, 2.05) is 0 Å². The maximum atomic E-state index is 3.47. The van der Waals surface area contributed by atoms with E-state index in [9.17, 15) is 0 Å². The van der Waals surface area contributed by atoms with Crippen molar-refractivity contribution in [2.24, 2.45) is 5.92 Å². The van der Waals surface area contributed by atoms with E-state index in [-0.39, 0.29) is 0 Å². The molecule has 0 spiro atoms. The van der Waals surface area contributed by atoms with Gasteiger partial charge in [0.15, 0.2) is 0 Å². The van der Waals surface area contributed by atoms with E-state index in [1.54, 1.807) is 0 Å². The first-order valence-corrected chi connectivity index (χ1v) is 8.27. The van der Waals surface area contributed by atoms with Gasteiger partial charge in [0, 0.05) is 13.1 Å². The third-order valence-corrected chi connectivity index (χ3v) is 4.42. The molecule has 0 bridgehead atoms. The highest BCUT2D eigenvalue weighted by Crippen LogP contribution is 2.19. The molecule has 0 aliphatic carbocycles. The Kier molecular flexibility index (Phi) is 6.55. The molecule has 0 amide bonds. The van der Waals surface area contributed by atoms with E-state index in [0.29, 0.717) is 5.92 Å². The predicted molar refractivity (Wildman–Crippen MR) is 87.2 cm³/mol. The molecule has 0 radical (unpaired) electrons. The van der Waals surface area contributed by atoms with Gasteiger partial charge in [0.25, 0.3) is 0 Å². The van der Waals surface area contributed by atoms with Gasteiger partial charge in [0.2, 0.25) is 0 Å². The zero-order chi connectivity index (χ0) is 14.2. The lowest BCUT2D eigenvalue weighted by molar-refractivity contribution is 0.198. The molecule has 1 atom stereocenters. The highest BCUT2D eigenvalue weighted by Gasteiger charge is 2.18. The van der Waals surface area contributed by atoms with Gasteiger partial charge in [-0.05, 0) is 56.3 Å². The number of benzene rings is 1. The Morgan fingerprint density at radius 3 is 2.55 bits per heavy atom. The molecule has 1 aliphatic heterocycles. The summed E-state index contributed by atoms with van der Waals surface area (Å²) in [7, 11) is 0. The van der Waals surface area contributed by atoms with E-state index in [0.717, 1.165) is 5.92 Å². The second-order valence-corrected chi connectivity index (χ2v) is 6.26. The number of rotatable bonds is 7. The second kappa shape index (κ2) is 8.43. The van der Waals surface area contributed by atoms with Gasteiger partial charge in [0.1, 0.15) is 0 Å². The van der Waals surface area contributed by atoms with Crippen LogP contribution in [0.5, 0.6) is 0 Å². The van der Waals surface area contributed by atoms with Crippen molar-refractivity contribution in [3.05, 3.63) is 35.9 Å². The lowest BCUT2D eigenvalue weighted by atomic mass is 9.96. The molecule has 1 heterocycles. The van der Waals surface area contributed by atoms with Crippen LogP contribution in [0.1, 0.15) is 44.6 Å². The average molecular weight is 274 g/mol. The monoisotopic (exact) mass is 274 g/mol. The average Bonchev–Trinajstić information content (AvgIpc) is 2.49. The van der Waals surface area contributed by atoms with Crippen molar-refractivity contribution in [2.75, 3.05) is 32.7 Å². The minimum absolute atomic E-state index is 0.629. The summed E-state index contributed by atoms with van der Waals surface area (Å²) < 4.78 is 0. The van der Waals surface area contributed by atoms with Crippen LogP contribution < -0.4 is 5.32 Å². The largest absolute Gasteiger partial charge is 0.317 e. The summed E-state index contributed by atoms with van der Waals surface area (Å²) in [6.45, 7) is 10.8. The molecule has 1 unspecified atom stereocenters. The number of nitrogens with one attached hydrogen (secondary N) is 1. The number of hydrogen-bond donors (Lipinski definition) is 1. The topological polar surface area (TPSA) is 15.3 Å². The normalized spacial score (nSPS) is 18.4. The Bertz CT molecular complexity index is 357. The Hall–Kier alpha value is -0.860. The van der Waals surface area contributed by atoms with Crippen LogP contribution in [0.4, 0.5) is 0 Å². The molecule has 1 fully saturated rings. The van der Waals surface area contributed by atoms with Gasteiger partial charge < -0.3 is 10.2 Å². The molecule has 1 N–H and O–H groups in total. The zero-order valence-corrected chi connectivity index (χ0v) is 13.1. The van der Waals surface area contributed by atoms with Crippen LogP contribution in [0.15, 0.2) is 30.3 Å². The molecule has 112 valence electrons. The van der Waals surface area contributed by atoms with Crippen molar-refractivity contribution in [1.82, 2.24) is 10.2 Å². The summed E-state index contributed by atoms with van der Waals surface area (Å²) in [6, 6.07) is 10.9. The smallest absolute Gasteiger partial charge is 0.00477 e. The van der Waals surface area contributed by atoms with Crippen LogP contribution in [0.2, 0.25) is 0 Å². The molecule has 1 saturated heterocycles. The van der Waals surface area contributed by atoms with Crippen LogP contribution in [0.3, 0.4) is 0 Å². The van der Waals surface area contributed by atoms with E-state index >= 15 is 0 Å². The van der Waals surface area contributed by atoms with Gasteiger partial charge in [0.05, 0.1) is 0 Å². The Morgan fingerprint density at radius 1 is 1.20 bits per heavy atom. The molecule has 0 saturated carbocycles. The first kappa shape index (κ1) is 15.5. The van der Waals surface area contributed by atoms with E-state index in [2.05, 4.69) is 54.4 Å². The van der Waals surface area contributed by atoms with E-state index < -0.39 is 0 Å². The van der Waals surface area contributed by atoms with Gasteiger partial charge in [-0.15, -0.1) is 0 Å². The molecular formula is C18H30N2. The van der Waals surface area contributed by atoms with Crippen molar-refractivity contribution < 1.29 is 0 Å². The van der Waals surface area contributed by atoms with Gasteiger partial charge in [-0.2, -0.15) is 0 Å². The zero-order valence-electron chi connectivity index (χ0n) is 13.1. The van der Waals surface area contributed by atoms with Crippen LogP contribution in [-0.2, 0) is 0 Å². The Balaban J connectivity index is 1.87. The standard InChI is InChI=1S/C18H30N2/c1-3-13-20(15-17-9-11-19-12-10-17)14-16(2)18-7-5-4-6-8-18/h4-8,16-17,19H,3,9-15H2,1-2H3. The first-order chi connectivity index (χ1) is 9.79. The molecule has 2 nitrogen and oxygen atoms in total. The highest BCUT2D eigenvalue weighted by atomic mass is 15.1. The van der Waals surface area contributed by atoms with Gasteiger partial charge in [-0.3, -0.25) is 0 Å². The molecule has 1 aliphatic rings. The van der Waals surface area contributed by atoms with E-state index in [4.69, 9.17) is 0 Å². The Morgan fingerprint density at radius 2 is 1.90 bits per heavy atom. The highest BCUT2D eigenvalue weighted by molar-refractivity contribution is 5.19. The summed E-state index contributed by atoms with van der Waals surface area (Å²) in [5.74, 6) is 1.52. The van der Waals surface area contributed by atoms with Crippen molar-refractivity contribution >= 4 is 0 Å². The summed E-state index contributed by atoms with van der Waals surface area (Å²) in [4.78, 5) is 2.69. The fourth-order valence-corrected chi connectivity index (χ4v) is 3.28. The van der Waals surface area contributed by atoms with Crippen molar-refractivity contribution in [3.8, 4) is 0 Å². The predicted octanol–water partition coefficient (Wildman–Crippen LogP) is 3.50. The summed E-state index contributed by atoms with van der Waals surface area (Å²) in [5, 5.41) is 3.47. The maximum Gasteiger partial charge on any atom is 0.00477 e. The van der Waals surface area contributed by atoms with Gasteiger partial charge >= 0.3 is 0 Å². The van der Waals surface area contributed by atoms with Crippen LogP contribution in [0.25, 0.3) is 0 Å². The fourth-order valence-electron chi connectivity index (χ4n) is 3.28. The first-order valence-electron chi connectivity index (χ1n) is 8.27. The van der Waals surface area contributed by atoms with Crippen molar-refractivity contribution in [3.63, 3.8) is 0 Å². The molecular weight excluding hydrogens is 244 g/mol. The van der Waals surface area contributed by atoms with Gasteiger partial charge in [-0.1, -0.05) is 44.2 Å². The molecule has 2 heteroatoms. The molecule has 1 aromatic carbocycles. The molecule has 2 rings (SSSR count). The Labute approximate surface area is 124 Å². The second-order valence-electron chi connectivity index (χ2n) is 6.26. The quantitative estimate of drug-likeness (QED) is 0.818. The lowest BCUT2D eigenvalue weighted by Gasteiger charge is -2.31. The summed E-state index contributed by atoms with van der Waals surface area (Å²) in [6.07, 6.45) is 3.95. The maximum absolute atomic E-state index is 3.47. The van der Waals surface area contributed by atoms with Crippen LogP contribution >= 0.6 is 0 Å². The molecule has 0 aromatic heterocycles. The third kappa shape index (κ3) is 4.92. The summed E-state index contributed by atoms with van der Waals surface area (Å²) in [5.41, 5.74) is 1.47. The SMILES string of the molecule is CCCN(CC1CCNCC1)CC(C)c1ccccc1. The lowest BCUT2D eigenvalue weighted by Crippen LogP contribution is -2.38.